The molecule has 2 rings (SSSR count). The minimum atomic E-state index is -3.18. The Balaban J connectivity index is 1.86. The number of benzene rings is 1. The Bertz CT molecular complexity index is 776. The number of hydrogen-bond donors (Lipinski definition) is 2. The van der Waals surface area contributed by atoms with Crippen molar-refractivity contribution in [2.45, 2.75) is 45.3 Å². The lowest BCUT2D eigenvalue weighted by Gasteiger charge is -2.30. The molecule has 1 aliphatic heterocycles. The second-order valence-corrected chi connectivity index (χ2v) is 9.60. The van der Waals surface area contributed by atoms with Crippen molar-refractivity contribution in [2.75, 3.05) is 24.7 Å². The molecule has 0 aliphatic carbocycles. The summed E-state index contributed by atoms with van der Waals surface area (Å²) < 4.78 is 29.6. The summed E-state index contributed by atoms with van der Waals surface area (Å²) in [5.41, 5.74) is 0.411. The molecule has 1 heterocycles. The predicted octanol–water partition coefficient (Wildman–Crippen LogP) is 2.19. The number of piperidine rings is 1. The van der Waals surface area contributed by atoms with Crippen LogP contribution in [0.2, 0.25) is 0 Å². The van der Waals surface area contributed by atoms with Crippen LogP contribution in [0.15, 0.2) is 24.3 Å². The molecule has 8 nitrogen and oxygen atoms in total. The first kappa shape index (κ1) is 21.2. The van der Waals surface area contributed by atoms with E-state index in [0.717, 1.165) is 0 Å². The van der Waals surface area contributed by atoms with E-state index in [4.69, 9.17) is 4.74 Å². The second-order valence-electron chi connectivity index (χ2n) is 7.61. The van der Waals surface area contributed by atoms with Gasteiger partial charge in [-0.2, -0.15) is 0 Å². The van der Waals surface area contributed by atoms with Gasteiger partial charge in [0.1, 0.15) is 5.60 Å². The van der Waals surface area contributed by atoms with E-state index in [1.165, 1.54) is 10.6 Å². The maximum Gasteiger partial charge on any atom is 0.412 e. The summed E-state index contributed by atoms with van der Waals surface area (Å²) in [6.45, 7) is 6.15. The summed E-state index contributed by atoms with van der Waals surface area (Å²) in [4.78, 5) is 24.1. The number of hydrogen-bond acceptors (Lipinski definition) is 5. The molecule has 0 saturated carbocycles. The minimum Gasteiger partial charge on any atom is -0.444 e. The van der Waals surface area contributed by atoms with Gasteiger partial charge in [0, 0.05) is 30.4 Å². The second kappa shape index (κ2) is 8.26. The van der Waals surface area contributed by atoms with Crippen molar-refractivity contribution in [2.24, 2.45) is 0 Å². The average molecular weight is 397 g/mol. The summed E-state index contributed by atoms with van der Waals surface area (Å²) in [5.74, 6) is -0.225. The monoisotopic (exact) mass is 397 g/mol. The molecule has 0 atom stereocenters. The molecule has 150 valence electrons. The van der Waals surface area contributed by atoms with Crippen LogP contribution in [0, 0.1) is 0 Å². The predicted molar refractivity (Wildman–Crippen MR) is 103 cm³/mol. The van der Waals surface area contributed by atoms with Gasteiger partial charge < -0.3 is 10.1 Å². The number of amides is 2. The Morgan fingerprint density at radius 2 is 1.67 bits per heavy atom. The fourth-order valence-electron chi connectivity index (χ4n) is 2.73. The number of anilines is 1. The lowest BCUT2D eigenvalue weighted by atomic mass is 10.1. The Kier molecular flexibility index (Phi) is 6.48. The van der Waals surface area contributed by atoms with Crippen LogP contribution in [0.1, 0.15) is 44.0 Å². The fraction of sp³-hybridized carbons (Fsp3) is 0.556. The van der Waals surface area contributed by atoms with Gasteiger partial charge in [-0.05, 0) is 57.9 Å². The third-order valence-electron chi connectivity index (χ3n) is 4.05. The molecule has 0 bridgehead atoms. The number of carbonyl (C=O) groups excluding carboxylic acids is 2. The summed E-state index contributed by atoms with van der Waals surface area (Å²) >= 11 is 0. The minimum absolute atomic E-state index is 0.0601. The number of nitrogens with zero attached hydrogens (tertiary/aromatic N) is 1. The molecule has 1 aromatic carbocycles. The molecule has 0 radical (unpaired) electrons. The third kappa shape index (κ3) is 6.84. The Hall–Kier alpha value is -2.13. The maximum atomic E-state index is 12.4. The van der Waals surface area contributed by atoms with Crippen LogP contribution in [-0.2, 0) is 14.8 Å². The Morgan fingerprint density at radius 3 is 2.15 bits per heavy atom. The lowest BCUT2D eigenvalue weighted by molar-refractivity contribution is 0.0635. The van der Waals surface area contributed by atoms with Gasteiger partial charge in [-0.1, -0.05) is 0 Å². The van der Waals surface area contributed by atoms with Gasteiger partial charge in [0.15, 0.2) is 0 Å². The number of carbonyl (C=O) groups is 2. The maximum absolute atomic E-state index is 12.4. The first-order valence-electron chi connectivity index (χ1n) is 8.80. The Labute approximate surface area is 160 Å². The third-order valence-corrected chi connectivity index (χ3v) is 5.35. The number of ether oxygens (including phenoxy) is 1. The normalized spacial score (nSPS) is 16.6. The van der Waals surface area contributed by atoms with Crippen LogP contribution in [0.5, 0.6) is 0 Å². The molecule has 0 spiro atoms. The van der Waals surface area contributed by atoms with Crippen molar-refractivity contribution in [3.63, 3.8) is 0 Å². The van der Waals surface area contributed by atoms with E-state index in [0.29, 0.717) is 37.2 Å². The molecule has 1 saturated heterocycles. The van der Waals surface area contributed by atoms with Crippen LogP contribution in [0.3, 0.4) is 0 Å². The van der Waals surface area contributed by atoms with E-state index in [1.54, 1.807) is 45.0 Å². The average Bonchev–Trinajstić information content (AvgIpc) is 2.53. The van der Waals surface area contributed by atoms with Gasteiger partial charge in [0.2, 0.25) is 10.0 Å². The SMILES string of the molecule is CC(C)(C)OC(=O)Nc1ccc(C(=O)NC2CCN(S(C)(=O)=O)CC2)cc1. The highest BCUT2D eigenvalue weighted by Crippen LogP contribution is 2.16. The van der Waals surface area contributed by atoms with Gasteiger partial charge >= 0.3 is 6.09 Å². The topological polar surface area (TPSA) is 105 Å². The van der Waals surface area contributed by atoms with E-state index in [2.05, 4.69) is 10.6 Å². The first-order valence-corrected chi connectivity index (χ1v) is 10.6. The zero-order valence-electron chi connectivity index (χ0n) is 16.1. The summed E-state index contributed by atoms with van der Waals surface area (Å²) in [6, 6.07) is 6.44. The van der Waals surface area contributed by atoms with Crippen LogP contribution in [0.4, 0.5) is 10.5 Å². The lowest BCUT2D eigenvalue weighted by Crippen LogP contribution is -2.46. The number of nitrogens with one attached hydrogen (secondary N) is 2. The van der Waals surface area contributed by atoms with Crippen LogP contribution in [0.25, 0.3) is 0 Å². The summed E-state index contributed by atoms with van der Waals surface area (Å²) in [7, 11) is -3.18. The fourth-order valence-corrected chi connectivity index (χ4v) is 3.60. The highest BCUT2D eigenvalue weighted by Gasteiger charge is 2.26. The summed E-state index contributed by atoms with van der Waals surface area (Å²) in [6.07, 6.45) is 1.80. The molecule has 1 aliphatic rings. The van der Waals surface area contributed by atoms with Gasteiger partial charge in [-0.3, -0.25) is 10.1 Å². The van der Waals surface area contributed by atoms with Gasteiger partial charge in [-0.15, -0.1) is 0 Å². The molecule has 1 fully saturated rings. The summed E-state index contributed by atoms with van der Waals surface area (Å²) in [5, 5.41) is 5.54. The first-order chi connectivity index (χ1) is 12.4. The van der Waals surface area contributed by atoms with E-state index in [-0.39, 0.29) is 11.9 Å². The van der Waals surface area contributed by atoms with E-state index in [1.807, 2.05) is 0 Å². The van der Waals surface area contributed by atoms with Crippen LogP contribution < -0.4 is 10.6 Å². The van der Waals surface area contributed by atoms with Crippen LogP contribution >= 0.6 is 0 Å². The van der Waals surface area contributed by atoms with Crippen LogP contribution in [-0.4, -0.2) is 55.7 Å². The highest BCUT2D eigenvalue weighted by molar-refractivity contribution is 7.88. The van der Waals surface area contributed by atoms with Gasteiger partial charge in [0.05, 0.1) is 6.26 Å². The van der Waals surface area contributed by atoms with Gasteiger partial charge in [0.25, 0.3) is 5.91 Å². The van der Waals surface area contributed by atoms with E-state index >= 15 is 0 Å². The molecular formula is C18H27N3O5S. The zero-order valence-corrected chi connectivity index (χ0v) is 16.9. The zero-order chi connectivity index (χ0) is 20.2. The Morgan fingerprint density at radius 1 is 1.11 bits per heavy atom. The highest BCUT2D eigenvalue weighted by atomic mass is 32.2. The molecule has 9 heteroatoms. The molecule has 0 aromatic heterocycles. The standard InChI is InChI=1S/C18H27N3O5S/c1-18(2,3)26-17(23)20-14-7-5-13(6-8-14)16(22)19-15-9-11-21(12-10-15)27(4,24)25/h5-8,15H,9-12H2,1-4H3,(H,19,22)(H,20,23). The van der Waals surface area contributed by atoms with E-state index in [9.17, 15) is 18.0 Å². The van der Waals surface area contributed by atoms with E-state index < -0.39 is 21.7 Å². The number of sulfonamides is 1. The molecule has 1 aromatic rings. The molecule has 0 unspecified atom stereocenters. The number of rotatable bonds is 4. The van der Waals surface area contributed by atoms with Gasteiger partial charge in [-0.25, -0.2) is 17.5 Å². The van der Waals surface area contributed by atoms with Crippen molar-refractivity contribution in [1.82, 2.24) is 9.62 Å². The molecule has 2 N–H and O–H groups in total. The van der Waals surface area contributed by atoms with Crippen molar-refractivity contribution < 1.29 is 22.7 Å². The van der Waals surface area contributed by atoms with Crippen molar-refractivity contribution in [3.05, 3.63) is 29.8 Å². The largest absolute Gasteiger partial charge is 0.444 e. The van der Waals surface area contributed by atoms with Crippen molar-refractivity contribution in [1.29, 1.82) is 0 Å². The molecule has 27 heavy (non-hydrogen) atoms. The molecular weight excluding hydrogens is 370 g/mol. The quantitative estimate of drug-likeness (QED) is 0.810. The van der Waals surface area contributed by atoms with Crippen molar-refractivity contribution >= 4 is 27.7 Å². The molecule has 2 amide bonds. The smallest absolute Gasteiger partial charge is 0.412 e. The van der Waals surface area contributed by atoms with Crippen molar-refractivity contribution in [3.8, 4) is 0 Å².